The monoisotopic (exact) mass is 361 g/mol. The van der Waals surface area contributed by atoms with Gasteiger partial charge in [-0.15, -0.1) is 0 Å². The highest BCUT2D eigenvalue weighted by molar-refractivity contribution is 6.06. The van der Waals surface area contributed by atoms with Crippen molar-refractivity contribution < 1.29 is 14.3 Å². The number of amides is 1. The summed E-state index contributed by atoms with van der Waals surface area (Å²) in [5, 5.41) is 2.92. The van der Waals surface area contributed by atoms with Crippen molar-refractivity contribution >= 4 is 11.6 Å². The number of hydrogen-bond donors (Lipinski definition) is 1. The van der Waals surface area contributed by atoms with E-state index in [2.05, 4.69) is 17.4 Å². The van der Waals surface area contributed by atoms with Crippen LogP contribution in [0, 0.1) is 0 Å². The molecular weight excluding hydrogens is 338 g/mol. The van der Waals surface area contributed by atoms with Gasteiger partial charge in [0, 0.05) is 6.42 Å². The van der Waals surface area contributed by atoms with Crippen molar-refractivity contribution in [3.05, 3.63) is 90.0 Å². The quantitative estimate of drug-likeness (QED) is 0.617. The van der Waals surface area contributed by atoms with Gasteiger partial charge in [-0.3, -0.25) is 4.79 Å². The number of nitrogens with one attached hydrogen (secondary N) is 1. The normalized spacial score (nSPS) is 10.3. The molecule has 0 bridgehead atoms. The average molecular weight is 361 g/mol. The van der Waals surface area contributed by atoms with E-state index < -0.39 is 0 Å². The average Bonchev–Trinajstić information content (AvgIpc) is 2.71. The lowest BCUT2D eigenvalue weighted by Gasteiger charge is -2.14. The van der Waals surface area contributed by atoms with Gasteiger partial charge in [0.1, 0.15) is 11.5 Å². The molecule has 0 aliphatic rings. The third kappa shape index (κ3) is 5.11. The van der Waals surface area contributed by atoms with Crippen LogP contribution in [0.5, 0.6) is 11.5 Å². The highest BCUT2D eigenvalue weighted by atomic mass is 16.5. The van der Waals surface area contributed by atoms with Crippen LogP contribution in [0.2, 0.25) is 0 Å². The Morgan fingerprint density at radius 1 is 0.815 bits per heavy atom. The van der Waals surface area contributed by atoms with Crippen LogP contribution < -0.4 is 14.8 Å². The molecule has 1 amide bonds. The number of hydrogen-bond acceptors (Lipinski definition) is 3. The van der Waals surface area contributed by atoms with Gasteiger partial charge in [-0.25, -0.2) is 0 Å². The SMILES string of the molecule is CCOc1ccccc1NC(=O)c1ccccc1OCCc1ccccc1. The van der Waals surface area contributed by atoms with Gasteiger partial charge in [0.25, 0.3) is 5.91 Å². The Labute approximate surface area is 159 Å². The molecule has 0 aliphatic heterocycles. The molecule has 0 heterocycles. The number of para-hydroxylation sites is 3. The van der Waals surface area contributed by atoms with Crippen molar-refractivity contribution in [3.8, 4) is 11.5 Å². The van der Waals surface area contributed by atoms with Gasteiger partial charge in [0.15, 0.2) is 0 Å². The lowest BCUT2D eigenvalue weighted by atomic mass is 10.1. The Kier molecular flexibility index (Phi) is 6.47. The maximum atomic E-state index is 12.8. The second kappa shape index (κ2) is 9.43. The van der Waals surface area contributed by atoms with Crippen LogP contribution in [-0.4, -0.2) is 19.1 Å². The van der Waals surface area contributed by atoms with Crippen molar-refractivity contribution in [1.29, 1.82) is 0 Å². The van der Waals surface area contributed by atoms with E-state index in [-0.39, 0.29) is 5.91 Å². The molecule has 3 rings (SSSR count). The molecule has 0 radical (unpaired) electrons. The van der Waals surface area contributed by atoms with Gasteiger partial charge in [-0.1, -0.05) is 54.6 Å². The molecule has 3 aromatic rings. The van der Waals surface area contributed by atoms with E-state index in [0.717, 1.165) is 6.42 Å². The Hall–Kier alpha value is -3.27. The molecule has 4 nitrogen and oxygen atoms in total. The summed E-state index contributed by atoms with van der Waals surface area (Å²) in [6, 6.07) is 24.8. The predicted molar refractivity (Wildman–Crippen MR) is 108 cm³/mol. The van der Waals surface area contributed by atoms with Gasteiger partial charge in [0.05, 0.1) is 24.5 Å². The third-order valence-corrected chi connectivity index (χ3v) is 4.06. The second-order valence-corrected chi connectivity index (χ2v) is 5.96. The number of carbonyl (C=O) groups excluding carboxylic acids is 1. The molecule has 0 aliphatic carbocycles. The van der Waals surface area contributed by atoms with E-state index in [0.29, 0.717) is 36.0 Å². The lowest BCUT2D eigenvalue weighted by molar-refractivity contribution is 0.102. The highest BCUT2D eigenvalue weighted by Crippen LogP contribution is 2.26. The molecule has 0 saturated carbocycles. The highest BCUT2D eigenvalue weighted by Gasteiger charge is 2.14. The summed E-state index contributed by atoms with van der Waals surface area (Å²) in [5.74, 6) is 0.994. The topological polar surface area (TPSA) is 47.6 Å². The molecule has 0 unspecified atom stereocenters. The third-order valence-electron chi connectivity index (χ3n) is 4.06. The summed E-state index contributed by atoms with van der Waals surface area (Å²) in [6.07, 6.45) is 0.782. The molecule has 0 atom stereocenters. The van der Waals surface area contributed by atoms with Crippen LogP contribution in [0.15, 0.2) is 78.9 Å². The predicted octanol–water partition coefficient (Wildman–Crippen LogP) is 4.96. The summed E-state index contributed by atoms with van der Waals surface area (Å²) < 4.78 is 11.5. The fourth-order valence-electron chi connectivity index (χ4n) is 2.74. The van der Waals surface area contributed by atoms with E-state index in [9.17, 15) is 4.79 Å². The van der Waals surface area contributed by atoms with Crippen LogP contribution in [0.25, 0.3) is 0 Å². The molecule has 3 aromatic carbocycles. The first-order valence-corrected chi connectivity index (χ1v) is 9.07. The Morgan fingerprint density at radius 3 is 2.26 bits per heavy atom. The molecule has 4 heteroatoms. The van der Waals surface area contributed by atoms with E-state index in [1.54, 1.807) is 6.07 Å². The molecule has 0 spiro atoms. The van der Waals surface area contributed by atoms with Crippen molar-refractivity contribution in [2.75, 3.05) is 18.5 Å². The van der Waals surface area contributed by atoms with Crippen molar-refractivity contribution in [1.82, 2.24) is 0 Å². The largest absolute Gasteiger partial charge is 0.492 e. The summed E-state index contributed by atoms with van der Waals surface area (Å²) in [7, 11) is 0. The van der Waals surface area contributed by atoms with Gasteiger partial charge in [0.2, 0.25) is 0 Å². The summed E-state index contributed by atoms with van der Waals surface area (Å²) in [6.45, 7) is 2.95. The number of carbonyl (C=O) groups is 1. The van der Waals surface area contributed by atoms with Gasteiger partial charge in [-0.2, -0.15) is 0 Å². The van der Waals surface area contributed by atoms with E-state index in [1.807, 2.05) is 67.6 Å². The van der Waals surface area contributed by atoms with Crippen LogP contribution >= 0.6 is 0 Å². The Balaban J connectivity index is 1.68. The molecule has 138 valence electrons. The Bertz CT molecular complexity index is 878. The standard InChI is InChI=1S/C23H23NO3/c1-2-26-22-15-9-7-13-20(22)24-23(25)19-12-6-8-14-21(19)27-17-16-18-10-4-3-5-11-18/h3-15H,2,16-17H2,1H3,(H,24,25). The van der Waals surface area contributed by atoms with Crippen molar-refractivity contribution in [2.24, 2.45) is 0 Å². The molecule has 27 heavy (non-hydrogen) atoms. The minimum absolute atomic E-state index is 0.225. The van der Waals surface area contributed by atoms with Crippen molar-refractivity contribution in [2.45, 2.75) is 13.3 Å². The lowest BCUT2D eigenvalue weighted by Crippen LogP contribution is -2.15. The minimum atomic E-state index is -0.225. The van der Waals surface area contributed by atoms with Crippen LogP contribution in [0.4, 0.5) is 5.69 Å². The van der Waals surface area contributed by atoms with Gasteiger partial charge in [-0.05, 0) is 36.8 Å². The summed E-state index contributed by atoms with van der Waals surface area (Å²) in [5.41, 5.74) is 2.34. The Morgan fingerprint density at radius 2 is 1.48 bits per heavy atom. The number of rotatable bonds is 8. The van der Waals surface area contributed by atoms with Gasteiger partial charge < -0.3 is 14.8 Å². The first-order valence-electron chi connectivity index (χ1n) is 9.07. The van der Waals surface area contributed by atoms with Crippen LogP contribution in [0.1, 0.15) is 22.8 Å². The van der Waals surface area contributed by atoms with Crippen LogP contribution in [-0.2, 0) is 6.42 Å². The zero-order valence-corrected chi connectivity index (χ0v) is 15.4. The molecule has 0 aromatic heterocycles. The zero-order chi connectivity index (χ0) is 18.9. The van der Waals surface area contributed by atoms with Crippen molar-refractivity contribution in [3.63, 3.8) is 0 Å². The number of benzene rings is 3. The number of anilines is 1. The first-order chi connectivity index (χ1) is 13.3. The fraction of sp³-hybridized carbons (Fsp3) is 0.174. The zero-order valence-electron chi connectivity index (χ0n) is 15.4. The minimum Gasteiger partial charge on any atom is -0.492 e. The fourth-order valence-corrected chi connectivity index (χ4v) is 2.74. The maximum Gasteiger partial charge on any atom is 0.259 e. The van der Waals surface area contributed by atoms with E-state index >= 15 is 0 Å². The number of ether oxygens (including phenoxy) is 2. The summed E-state index contributed by atoms with van der Waals surface area (Å²) >= 11 is 0. The van der Waals surface area contributed by atoms with E-state index in [4.69, 9.17) is 9.47 Å². The maximum absolute atomic E-state index is 12.8. The molecule has 0 saturated heterocycles. The first kappa shape index (κ1) is 18.5. The molecule has 0 fully saturated rings. The summed E-state index contributed by atoms with van der Waals surface area (Å²) in [4.78, 5) is 12.8. The second-order valence-electron chi connectivity index (χ2n) is 5.96. The molecular formula is C23H23NO3. The van der Waals surface area contributed by atoms with Crippen LogP contribution in [0.3, 0.4) is 0 Å². The van der Waals surface area contributed by atoms with Gasteiger partial charge >= 0.3 is 0 Å². The molecule has 1 N–H and O–H groups in total. The van der Waals surface area contributed by atoms with E-state index in [1.165, 1.54) is 5.56 Å². The smallest absolute Gasteiger partial charge is 0.259 e.